The van der Waals surface area contributed by atoms with E-state index in [0.29, 0.717) is 0 Å². The molecule has 2 heteroatoms. The van der Waals surface area contributed by atoms with Crippen LogP contribution in [0.4, 0.5) is 0 Å². The SMILES string of the molecule is CCC.CO[SiH](C)C. The van der Waals surface area contributed by atoms with Gasteiger partial charge in [-0.15, -0.1) is 0 Å². The standard InChI is InChI=1S/C3H10OSi.C3H8/c1-4-5(2)3;1-3-2/h5H,1-3H3;3H2,1-2H3. The van der Waals surface area contributed by atoms with Crippen LogP contribution in [0, 0.1) is 0 Å². The fourth-order valence-corrected chi connectivity index (χ4v) is 0. The Bertz CT molecular complexity index is 29.7. The third-order valence-electron chi connectivity index (χ3n) is 0.471. The van der Waals surface area contributed by atoms with Crippen molar-refractivity contribution in [2.24, 2.45) is 0 Å². The lowest BCUT2D eigenvalue weighted by atomic mass is 10.6. The van der Waals surface area contributed by atoms with Crippen LogP contribution in [0.1, 0.15) is 20.3 Å². The summed E-state index contributed by atoms with van der Waals surface area (Å²) in [6, 6.07) is 0. The number of hydrogen-bond donors (Lipinski definition) is 0. The molecule has 0 unspecified atom stereocenters. The molecule has 0 spiro atoms. The van der Waals surface area contributed by atoms with E-state index in [1.807, 2.05) is 0 Å². The Morgan fingerprint density at radius 1 is 1.25 bits per heavy atom. The van der Waals surface area contributed by atoms with Crippen LogP contribution < -0.4 is 0 Å². The van der Waals surface area contributed by atoms with Gasteiger partial charge in [-0.1, -0.05) is 20.3 Å². The van der Waals surface area contributed by atoms with Gasteiger partial charge in [-0.2, -0.15) is 0 Å². The van der Waals surface area contributed by atoms with E-state index >= 15 is 0 Å². The smallest absolute Gasteiger partial charge is 0.170 e. The van der Waals surface area contributed by atoms with Crippen LogP contribution in [0.2, 0.25) is 13.1 Å². The topological polar surface area (TPSA) is 9.23 Å². The van der Waals surface area contributed by atoms with Gasteiger partial charge in [0.15, 0.2) is 9.04 Å². The predicted molar refractivity (Wildman–Crippen MR) is 41.9 cm³/mol. The zero-order valence-electron chi connectivity index (χ0n) is 6.69. The predicted octanol–water partition coefficient (Wildman–Crippen LogP) is 2.03. The maximum Gasteiger partial charge on any atom is 0.170 e. The summed E-state index contributed by atoms with van der Waals surface area (Å²) in [5, 5.41) is 0. The second-order valence-electron chi connectivity index (χ2n) is 1.99. The molecule has 0 atom stereocenters. The molecule has 0 heterocycles. The van der Waals surface area contributed by atoms with Gasteiger partial charge in [0.2, 0.25) is 0 Å². The van der Waals surface area contributed by atoms with Gasteiger partial charge in [0, 0.05) is 7.11 Å². The van der Waals surface area contributed by atoms with E-state index in [1.54, 1.807) is 7.11 Å². The normalized spacial score (nSPS) is 8.25. The van der Waals surface area contributed by atoms with E-state index in [1.165, 1.54) is 6.42 Å². The molecule has 8 heavy (non-hydrogen) atoms. The molecule has 0 saturated carbocycles. The highest BCUT2D eigenvalue weighted by Gasteiger charge is 1.83. The molecular formula is C6H18OSi. The zero-order valence-corrected chi connectivity index (χ0v) is 7.85. The first-order valence-corrected chi connectivity index (χ1v) is 5.99. The van der Waals surface area contributed by atoms with Gasteiger partial charge in [-0.25, -0.2) is 0 Å². The molecule has 0 aromatic rings. The number of hydrogen-bond acceptors (Lipinski definition) is 1. The molecular weight excluding hydrogens is 116 g/mol. The highest BCUT2D eigenvalue weighted by Crippen LogP contribution is 1.73. The highest BCUT2D eigenvalue weighted by molar-refractivity contribution is 6.48. The van der Waals surface area contributed by atoms with Gasteiger partial charge >= 0.3 is 0 Å². The lowest BCUT2D eigenvalue weighted by molar-refractivity contribution is 0.430. The van der Waals surface area contributed by atoms with Crippen LogP contribution in [0.3, 0.4) is 0 Å². The Morgan fingerprint density at radius 3 is 1.38 bits per heavy atom. The summed E-state index contributed by atoms with van der Waals surface area (Å²) in [4.78, 5) is 0. The summed E-state index contributed by atoms with van der Waals surface area (Å²) in [6.07, 6.45) is 1.25. The van der Waals surface area contributed by atoms with Gasteiger partial charge in [0.05, 0.1) is 0 Å². The van der Waals surface area contributed by atoms with Crippen LogP contribution in [0.25, 0.3) is 0 Å². The molecule has 0 amide bonds. The van der Waals surface area contributed by atoms with Crippen molar-refractivity contribution in [2.75, 3.05) is 7.11 Å². The summed E-state index contributed by atoms with van der Waals surface area (Å²) in [6.45, 7) is 8.53. The monoisotopic (exact) mass is 134 g/mol. The summed E-state index contributed by atoms with van der Waals surface area (Å²) in [7, 11) is 1.11. The molecule has 52 valence electrons. The Labute approximate surface area is 54.8 Å². The molecule has 0 fully saturated rings. The molecule has 0 rings (SSSR count). The van der Waals surface area contributed by atoms with Crippen molar-refractivity contribution in [1.29, 1.82) is 0 Å². The van der Waals surface area contributed by atoms with Crippen molar-refractivity contribution in [2.45, 2.75) is 33.4 Å². The fraction of sp³-hybridized carbons (Fsp3) is 1.00. The molecule has 0 aliphatic heterocycles. The van der Waals surface area contributed by atoms with Crippen molar-refractivity contribution < 1.29 is 4.43 Å². The third kappa shape index (κ3) is 34.9. The fourth-order valence-electron chi connectivity index (χ4n) is 0. The number of rotatable bonds is 1. The third-order valence-corrected chi connectivity index (χ3v) is 1.41. The van der Waals surface area contributed by atoms with Crippen LogP contribution in [-0.2, 0) is 4.43 Å². The summed E-state index contributed by atoms with van der Waals surface area (Å²) < 4.78 is 4.89. The van der Waals surface area contributed by atoms with Crippen molar-refractivity contribution in [1.82, 2.24) is 0 Å². The zero-order chi connectivity index (χ0) is 6.99. The summed E-state index contributed by atoms with van der Waals surface area (Å²) in [5.41, 5.74) is 0. The molecule has 1 nitrogen and oxygen atoms in total. The molecule has 0 aliphatic rings. The largest absolute Gasteiger partial charge is 0.424 e. The Morgan fingerprint density at radius 2 is 1.38 bits per heavy atom. The minimum Gasteiger partial charge on any atom is -0.424 e. The van der Waals surface area contributed by atoms with E-state index in [9.17, 15) is 0 Å². The van der Waals surface area contributed by atoms with Crippen LogP contribution in [0.5, 0.6) is 0 Å². The lowest BCUT2D eigenvalue weighted by Crippen LogP contribution is -2.00. The maximum absolute atomic E-state index is 4.89. The van der Waals surface area contributed by atoms with Crippen LogP contribution >= 0.6 is 0 Å². The van der Waals surface area contributed by atoms with Gasteiger partial charge in [-0.3, -0.25) is 0 Å². The van der Waals surface area contributed by atoms with Crippen molar-refractivity contribution in [3.05, 3.63) is 0 Å². The van der Waals surface area contributed by atoms with E-state index < -0.39 is 9.04 Å². The molecule has 0 N–H and O–H groups in total. The Hall–Kier alpha value is 0.177. The quantitative estimate of drug-likeness (QED) is 0.499. The van der Waals surface area contributed by atoms with E-state index in [4.69, 9.17) is 4.43 Å². The first-order valence-electron chi connectivity index (χ1n) is 3.21. The van der Waals surface area contributed by atoms with E-state index in [2.05, 4.69) is 26.9 Å². The molecule has 0 saturated heterocycles. The van der Waals surface area contributed by atoms with Crippen molar-refractivity contribution in [3.8, 4) is 0 Å². The summed E-state index contributed by atoms with van der Waals surface area (Å²) >= 11 is 0. The second kappa shape index (κ2) is 10.2. The molecule has 0 aliphatic carbocycles. The van der Waals surface area contributed by atoms with Gasteiger partial charge < -0.3 is 4.43 Å². The van der Waals surface area contributed by atoms with Crippen molar-refractivity contribution in [3.63, 3.8) is 0 Å². The Balaban J connectivity index is 0. The second-order valence-corrected chi connectivity index (χ2v) is 4.56. The molecule has 0 aromatic carbocycles. The first-order chi connectivity index (χ1) is 3.68. The minimum absolute atomic E-state index is 0.650. The van der Waals surface area contributed by atoms with Crippen LogP contribution in [-0.4, -0.2) is 16.2 Å². The Kier molecular flexibility index (Phi) is 14.1. The first kappa shape index (κ1) is 11.0. The van der Waals surface area contributed by atoms with E-state index in [0.717, 1.165) is 0 Å². The summed E-state index contributed by atoms with van der Waals surface area (Å²) in [5.74, 6) is 0. The van der Waals surface area contributed by atoms with Gasteiger partial charge in [-0.05, 0) is 13.1 Å². The minimum atomic E-state index is -0.650. The maximum atomic E-state index is 4.89. The molecule has 0 aromatic heterocycles. The lowest BCUT2D eigenvalue weighted by Gasteiger charge is -1.92. The molecule has 0 radical (unpaired) electrons. The average Bonchev–Trinajstić information content (AvgIpc) is 1.69. The molecule has 0 bridgehead atoms. The average molecular weight is 134 g/mol. The van der Waals surface area contributed by atoms with Crippen LogP contribution in [0.15, 0.2) is 0 Å². The highest BCUT2D eigenvalue weighted by atomic mass is 28.3. The van der Waals surface area contributed by atoms with E-state index in [-0.39, 0.29) is 0 Å². The van der Waals surface area contributed by atoms with Crippen molar-refractivity contribution >= 4 is 9.04 Å². The van der Waals surface area contributed by atoms with Gasteiger partial charge in [0.1, 0.15) is 0 Å². The van der Waals surface area contributed by atoms with Gasteiger partial charge in [0.25, 0.3) is 0 Å².